The van der Waals surface area contributed by atoms with E-state index in [-0.39, 0.29) is 6.04 Å². The van der Waals surface area contributed by atoms with Gasteiger partial charge in [-0.15, -0.1) is 0 Å². The first kappa shape index (κ1) is 15.6. The smallest absolute Gasteiger partial charge is 0.123 e. The quantitative estimate of drug-likeness (QED) is 0.811. The van der Waals surface area contributed by atoms with Gasteiger partial charge in [0, 0.05) is 0 Å². The molecule has 0 spiro atoms. The van der Waals surface area contributed by atoms with Gasteiger partial charge in [0.2, 0.25) is 0 Å². The van der Waals surface area contributed by atoms with E-state index in [1.54, 1.807) is 0 Å². The maximum absolute atomic E-state index is 6.21. The molecule has 1 aromatic heterocycles. The summed E-state index contributed by atoms with van der Waals surface area (Å²) in [7, 11) is 0. The number of H-pyrrole nitrogens is 1. The molecule has 2 aromatic rings. The molecule has 0 saturated carbocycles. The van der Waals surface area contributed by atoms with Gasteiger partial charge in [-0.05, 0) is 42.2 Å². The van der Waals surface area contributed by atoms with Gasteiger partial charge in [-0.1, -0.05) is 27.2 Å². The van der Waals surface area contributed by atoms with E-state index in [1.165, 1.54) is 0 Å². The second kappa shape index (κ2) is 7.27. The van der Waals surface area contributed by atoms with Crippen molar-refractivity contribution in [3.05, 3.63) is 36.3 Å². The van der Waals surface area contributed by atoms with Crippen molar-refractivity contribution in [2.75, 3.05) is 6.61 Å². The van der Waals surface area contributed by atoms with Crippen LogP contribution in [0.1, 0.15) is 45.5 Å². The highest BCUT2D eigenvalue weighted by Crippen LogP contribution is 2.24. The van der Waals surface area contributed by atoms with Crippen molar-refractivity contribution in [1.82, 2.24) is 9.97 Å². The van der Waals surface area contributed by atoms with Crippen molar-refractivity contribution >= 4 is 0 Å². The molecule has 3 N–H and O–H groups in total. The first-order valence-corrected chi connectivity index (χ1v) is 7.69. The standard InChI is InChI=1S/C17H25N3O/c1-4-10-21-14-8-6-13(7-9-14)15-11-19-17(20-15)16(18)12(3)5-2/h6-9,11-12,16H,4-5,10,18H2,1-3H3,(H,19,20). The minimum absolute atomic E-state index is 0.0455. The Morgan fingerprint density at radius 3 is 2.57 bits per heavy atom. The van der Waals surface area contributed by atoms with Crippen LogP contribution in [0.15, 0.2) is 30.5 Å². The fraction of sp³-hybridized carbons (Fsp3) is 0.471. The van der Waals surface area contributed by atoms with Crippen molar-refractivity contribution in [3.63, 3.8) is 0 Å². The van der Waals surface area contributed by atoms with Crippen LogP contribution in [-0.2, 0) is 0 Å². The molecule has 1 heterocycles. The summed E-state index contributed by atoms with van der Waals surface area (Å²) >= 11 is 0. The van der Waals surface area contributed by atoms with Crippen molar-refractivity contribution in [3.8, 4) is 17.0 Å². The Balaban J connectivity index is 2.10. The predicted octanol–water partition coefficient (Wildman–Crippen LogP) is 3.91. The summed E-state index contributed by atoms with van der Waals surface area (Å²) in [6.45, 7) is 7.13. The van der Waals surface area contributed by atoms with Crippen molar-refractivity contribution in [1.29, 1.82) is 0 Å². The van der Waals surface area contributed by atoms with Gasteiger partial charge in [0.1, 0.15) is 11.6 Å². The van der Waals surface area contributed by atoms with Gasteiger partial charge >= 0.3 is 0 Å². The normalized spacial score (nSPS) is 13.9. The lowest BCUT2D eigenvalue weighted by Gasteiger charge is -2.15. The maximum Gasteiger partial charge on any atom is 0.123 e. The molecule has 2 atom stereocenters. The molecule has 0 saturated heterocycles. The average Bonchev–Trinajstić information content (AvgIpc) is 3.01. The van der Waals surface area contributed by atoms with Gasteiger partial charge in [0.05, 0.1) is 24.5 Å². The molecule has 1 aromatic carbocycles. The largest absolute Gasteiger partial charge is 0.494 e. The minimum atomic E-state index is -0.0455. The fourth-order valence-corrected chi connectivity index (χ4v) is 2.13. The zero-order valence-corrected chi connectivity index (χ0v) is 13.1. The van der Waals surface area contributed by atoms with E-state index < -0.39 is 0 Å². The van der Waals surface area contributed by atoms with Crippen molar-refractivity contribution in [2.24, 2.45) is 11.7 Å². The third kappa shape index (κ3) is 3.85. The van der Waals surface area contributed by atoms with Crippen LogP contribution < -0.4 is 10.5 Å². The van der Waals surface area contributed by atoms with Crippen LogP contribution in [-0.4, -0.2) is 16.6 Å². The molecule has 4 heteroatoms. The summed E-state index contributed by atoms with van der Waals surface area (Å²) in [6, 6.07) is 8.00. The highest BCUT2D eigenvalue weighted by atomic mass is 16.5. The molecule has 0 radical (unpaired) electrons. The zero-order valence-electron chi connectivity index (χ0n) is 13.1. The lowest BCUT2D eigenvalue weighted by Crippen LogP contribution is -2.19. The summed E-state index contributed by atoms with van der Waals surface area (Å²) in [5, 5.41) is 0. The topological polar surface area (TPSA) is 63.9 Å². The monoisotopic (exact) mass is 287 g/mol. The van der Waals surface area contributed by atoms with E-state index >= 15 is 0 Å². The van der Waals surface area contributed by atoms with Crippen molar-refractivity contribution in [2.45, 2.75) is 39.7 Å². The Hall–Kier alpha value is -1.81. The van der Waals surface area contributed by atoms with Gasteiger partial charge in [-0.3, -0.25) is 0 Å². The molecule has 2 unspecified atom stereocenters. The van der Waals surface area contributed by atoms with E-state index in [1.807, 2.05) is 30.5 Å². The highest BCUT2D eigenvalue weighted by molar-refractivity contribution is 5.59. The number of hydrogen-bond acceptors (Lipinski definition) is 3. The summed E-state index contributed by atoms with van der Waals surface area (Å²) < 4.78 is 5.59. The van der Waals surface area contributed by atoms with Crippen LogP contribution >= 0.6 is 0 Å². The molecule has 4 nitrogen and oxygen atoms in total. The molecule has 0 aliphatic carbocycles. The molecule has 0 bridgehead atoms. The maximum atomic E-state index is 6.21. The lowest BCUT2D eigenvalue weighted by atomic mass is 10.00. The third-order valence-electron chi connectivity index (χ3n) is 3.81. The van der Waals surface area contributed by atoms with E-state index in [2.05, 4.69) is 30.7 Å². The van der Waals surface area contributed by atoms with Crippen LogP contribution in [0.3, 0.4) is 0 Å². The summed E-state index contributed by atoms with van der Waals surface area (Å²) in [4.78, 5) is 7.75. The molecule has 2 rings (SSSR count). The number of ether oxygens (including phenoxy) is 1. The highest BCUT2D eigenvalue weighted by Gasteiger charge is 2.16. The first-order chi connectivity index (χ1) is 10.2. The van der Waals surface area contributed by atoms with Gasteiger partial charge in [0.25, 0.3) is 0 Å². The Morgan fingerprint density at radius 2 is 1.95 bits per heavy atom. The molecular formula is C17H25N3O. The summed E-state index contributed by atoms with van der Waals surface area (Å²) in [5.41, 5.74) is 8.29. The fourth-order valence-electron chi connectivity index (χ4n) is 2.13. The zero-order chi connectivity index (χ0) is 15.2. The van der Waals surface area contributed by atoms with Crippen LogP contribution in [0, 0.1) is 5.92 Å². The first-order valence-electron chi connectivity index (χ1n) is 7.69. The molecule has 21 heavy (non-hydrogen) atoms. The van der Waals surface area contributed by atoms with Gasteiger partial charge < -0.3 is 15.5 Å². The molecule has 0 aliphatic rings. The van der Waals surface area contributed by atoms with Crippen LogP contribution in [0.2, 0.25) is 0 Å². The summed E-state index contributed by atoms with van der Waals surface area (Å²) in [6.07, 6.45) is 3.90. The third-order valence-corrected chi connectivity index (χ3v) is 3.81. The molecular weight excluding hydrogens is 262 g/mol. The number of nitrogens with two attached hydrogens (primary N) is 1. The average molecular weight is 287 g/mol. The Kier molecular flexibility index (Phi) is 5.39. The summed E-state index contributed by atoms with van der Waals surface area (Å²) in [5.74, 6) is 2.16. The lowest BCUT2D eigenvalue weighted by molar-refractivity contribution is 0.317. The number of imidazole rings is 1. The van der Waals surface area contributed by atoms with E-state index in [0.29, 0.717) is 5.92 Å². The molecule has 0 fully saturated rings. The van der Waals surface area contributed by atoms with Gasteiger partial charge in [-0.2, -0.15) is 0 Å². The molecule has 0 amide bonds. The number of rotatable bonds is 7. The Bertz CT molecular complexity index is 547. The number of aromatic nitrogens is 2. The van der Waals surface area contributed by atoms with Gasteiger partial charge in [0.15, 0.2) is 0 Å². The minimum Gasteiger partial charge on any atom is -0.494 e. The van der Waals surface area contributed by atoms with Crippen LogP contribution in [0.4, 0.5) is 0 Å². The van der Waals surface area contributed by atoms with E-state index in [9.17, 15) is 0 Å². The van der Waals surface area contributed by atoms with Crippen LogP contribution in [0.5, 0.6) is 5.75 Å². The molecule has 0 aliphatic heterocycles. The number of benzene rings is 1. The number of aromatic amines is 1. The van der Waals surface area contributed by atoms with E-state index in [0.717, 1.165) is 42.3 Å². The second-order valence-corrected chi connectivity index (χ2v) is 5.47. The number of nitrogens with one attached hydrogen (secondary N) is 1. The second-order valence-electron chi connectivity index (χ2n) is 5.47. The van der Waals surface area contributed by atoms with Crippen molar-refractivity contribution < 1.29 is 4.74 Å². The van der Waals surface area contributed by atoms with E-state index in [4.69, 9.17) is 10.5 Å². The van der Waals surface area contributed by atoms with Crippen LogP contribution in [0.25, 0.3) is 11.3 Å². The Labute approximate surface area is 126 Å². The molecule has 114 valence electrons. The Morgan fingerprint density at radius 1 is 1.24 bits per heavy atom. The number of hydrogen-bond donors (Lipinski definition) is 2. The number of nitrogens with zero attached hydrogens (tertiary/aromatic N) is 1. The SMILES string of the molecule is CCCOc1ccc(-c2cnc(C(N)C(C)CC)[nH]2)cc1. The predicted molar refractivity (Wildman–Crippen MR) is 86.2 cm³/mol. The van der Waals surface area contributed by atoms with Gasteiger partial charge in [-0.25, -0.2) is 4.98 Å².